The first-order valence-electron chi connectivity index (χ1n) is 8.82. The molecule has 2 nitrogen and oxygen atoms in total. The van der Waals surface area contributed by atoms with Crippen molar-refractivity contribution in [3.63, 3.8) is 0 Å². The molecule has 3 rings (SSSR count). The summed E-state index contributed by atoms with van der Waals surface area (Å²) in [5.41, 5.74) is 1.46. The molecule has 0 bridgehead atoms. The van der Waals surface area contributed by atoms with Gasteiger partial charge in [0.25, 0.3) is 0 Å². The highest BCUT2D eigenvalue weighted by Crippen LogP contribution is 2.22. The fourth-order valence-electron chi connectivity index (χ4n) is 3.45. The van der Waals surface area contributed by atoms with Gasteiger partial charge in [-0.05, 0) is 56.7 Å². The Morgan fingerprint density at radius 3 is 2.57 bits per heavy atom. The molecular weight excluding hydrogens is 302 g/mol. The van der Waals surface area contributed by atoms with Gasteiger partial charge in [-0.2, -0.15) is 0 Å². The van der Waals surface area contributed by atoms with Crippen LogP contribution in [-0.2, 0) is 17.2 Å². The zero-order chi connectivity index (χ0) is 15.9. The van der Waals surface area contributed by atoms with Crippen LogP contribution in [0.15, 0.2) is 53.5 Å². The van der Waals surface area contributed by atoms with Gasteiger partial charge in [-0.25, -0.2) is 0 Å². The lowest BCUT2D eigenvalue weighted by atomic mass is 9.90. The van der Waals surface area contributed by atoms with Crippen LogP contribution in [0.1, 0.15) is 31.2 Å². The molecule has 1 heterocycles. The maximum atomic E-state index is 12.3. The van der Waals surface area contributed by atoms with Crippen molar-refractivity contribution in [1.82, 2.24) is 4.90 Å². The Morgan fingerprint density at radius 1 is 1.09 bits per heavy atom. The largest absolute Gasteiger partial charge is 0.302 e. The minimum atomic E-state index is -0.816. The SMILES string of the molecule is O=S(CCN1CCC(Cc2ccccc2)CC1)C1=CCCC=C1. The predicted molar refractivity (Wildman–Crippen MR) is 98.8 cm³/mol. The molecule has 0 amide bonds. The Bertz CT molecular complexity index is 571. The van der Waals surface area contributed by atoms with Crippen LogP contribution in [0.5, 0.6) is 0 Å². The van der Waals surface area contributed by atoms with E-state index < -0.39 is 10.8 Å². The van der Waals surface area contributed by atoms with Crippen molar-refractivity contribution in [2.75, 3.05) is 25.4 Å². The lowest BCUT2D eigenvalue weighted by Gasteiger charge is -2.32. The molecule has 0 aromatic heterocycles. The van der Waals surface area contributed by atoms with Crippen LogP contribution in [-0.4, -0.2) is 34.5 Å². The van der Waals surface area contributed by atoms with Gasteiger partial charge >= 0.3 is 0 Å². The van der Waals surface area contributed by atoms with Gasteiger partial charge in [0.1, 0.15) is 0 Å². The minimum absolute atomic E-state index is 0.777. The summed E-state index contributed by atoms with van der Waals surface area (Å²) in [5, 5.41) is 0. The van der Waals surface area contributed by atoms with Crippen LogP contribution in [0.4, 0.5) is 0 Å². The second-order valence-corrected chi connectivity index (χ2v) is 8.18. The fourth-order valence-corrected chi connectivity index (χ4v) is 4.66. The predicted octanol–water partition coefficient (Wildman–Crippen LogP) is 3.92. The van der Waals surface area contributed by atoms with Gasteiger partial charge in [0, 0.05) is 17.2 Å². The van der Waals surface area contributed by atoms with E-state index in [0.29, 0.717) is 0 Å². The van der Waals surface area contributed by atoms with E-state index in [-0.39, 0.29) is 0 Å². The Kier molecular flexibility index (Phi) is 6.23. The van der Waals surface area contributed by atoms with Crippen molar-refractivity contribution in [2.45, 2.75) is 32.1 Å². The van der Waals surface area contributed by atoms with Gasteiger partial charge in [-0.15, -0.1) is 0 Å². The summed E-state index contributed by atoms with van der Waals surface area (Å²) in [5.74, 6) is 1.59. The standard InChI is InChI=1S/C20H27NOS/c22-23(20-9-5-2-6-10-20)16-15-21-13-11-19(12-14-21)17-18-7-3-1-4-8-18/h1,3-5,7-10,19H,2,6,11-17H2. The molecule has 1 atom stereocenters. The molecule has 1 saturated heterocycles. The second kappa shape index (κ2) is 8.60. The summed E-state index contributed by atoms with van der Waals surface area (Å²) in [7, 11) is -0.816. The second-order valence-electron chi connectivity index (χ2n) is 6.61. The van der Waals surface area contributed by atoms with Gasteiger partial charge < -0.3 is 4.90 Å². The van der Waals surface area contributed by atoms with Crippen molar-refractivity contribution < 1.29 is 4.21 Å². The highest BCUT2D eigenvalue weighted by molar-refractivity contribution is 7.89. The van der Waals surface area contributed by atoms with E-state index >= 15 is 0 Å². The number of hydrogen-bond donors (Lipinski definition) is 0. The molecule has 1 unspecified atom stereocenters. The van der Waals surface area contributed by atoms with Gasteiger partial charge in [0.05, 0.1) is 10.8 Å². The van der Waals surface area contributed by atoms with E-state index in [4.69, 9.17) is 0 Å². The number of hydrogen-bond acceptors (Lipinski definition) is 2. The first kappa shape index (κ1) is 16.7. The van der Waals surface area contributed by atoms with E-state index in [1.165, 1.54) is 24.8 Å². The van der Waals surface area contributed by atoms with Gasteiger partial charge in [-0.3, -0.25) is 4.21 Å². The van der Waals surface area contributed by atoms with Crippen molar-refractivity contribution in [3.05, 3.63) is 59.0 Å². The summed E-state index contributed by atoms with van der Waals surface area (Å²) in [6, 6.07) is 10.8. The number of benzene rings is 1. The van der Waals surface area contributed by atoms with Crippen LogP contribution < -0.4 is 0 Å². The highest BCUT2D eigenvalue weighted by Gasteiger charge is 2.20. The number of nitrogens with zero attached hydrogens (tertiary/aromatic N) is 1. The Labute approximate surface area is 142 Å². The summed E-state index contributed by atoms with van der Waals surface area (Å²) in [6.07, 6.45) is 12.2. The van der Waals surface area contributed by atoms with E-state index in [2.05, 4.69) is 47.4 Å². The van der Waals surface area contributed by atoms with E-state index in [1.54, 1.807) is 0 Å². The Morgan fingerprint density at radius 2 is 1.87 bits per heavy atom. The topological polar surface area (TPSA) is 20.3 Å². The average molecular weight is 330 g/mol. The molecule has 1 aromatic rings. The first-order valence-corrected chi connectivity index (χ1v) is 10.1. The van der Waals surface area contributed by atoms with Crippen molar-refractivity contribution in [1.29, 1.82) is 0 Å². The third kappa shape index (κ3) is 5.15. The van der Waals surface area contributed by atoms with Crippen LogP contribution in [0, 0.1) is 5.92 Å². The summed E-state index contributed by atoms with van der Waals surface area (Å²) in [4.78, 5) is 3.53. The smallest absolute Gasteiger partial charge is 0.0539 e. The number of allylic oxidation sites excluding steroid dienone is 3. The third-order valence-corrected chi connectivity index (χ3v) is 6.27. The Balaban J connectivity index is 1.38. The molecule has 2 aliphatic rings. The monoisotopic (exact) mass is 329 g/mol. The summed E-state index contributed by atoms with van der Waals surface area (Å²) < 4.78 is 12.3. The Hall–Kier alpha value is -1.19. The highest BCUT2D eigenvalue weighted by atomic mass is 32.2. The average Bonchev–Trinajstić information content (AvgIpc) is 2.62. The molecule has 0 spiro atoms. The molecule has 1 aliphatic heterocycles. The third-order valence-electron chi connectivity index (χ3n) is 4.89. The number of rotatable bonds is 6. The van der Waals surface area contributed by atoms with Crippen LogP contribution >= 0.6 is 0 Å². The molecular formula is C20H27NOS. The zero-order valence-corrected chi connectivity index (χ0v) is 14.6. The molecule has 0 N–H and O–H groups in total. The van der Waals surface area contributed by atoms with Crippen LogP contribution in [0.3, 0.4) is 0 Å². The van der Waals surface area contributed by atoms with Gasteiger partial charge in [-0.1, -0.05) is 48.6 Å². The van der Waals surface area contributed by atoms with Crippen LogP contribution in [0.25, 0.3) is 0 Å². The lowest BCUT2D eigenvalue weighted by Crippen LogP contribution is -2.36. The summed E-state index contributed by atoms with van der Waals surface area (Å²) in [6.45, 7) is 3.28. The normalized spacial score (nSPS) is 21.1. The minimum Gasteiger partial charge on any atom is -0.302 e. The molecule has 0 saturated carbocycles. The lowest BCUT2D eigenvalue weighted by molar-refractivity contribution is 0.193. The number of piperidine rings is 1. The maximum Gasteiger partial charge on any atom is 0.0539 e. The fraction of sp³-hybridized carbons (Fsp3) is 0.500. The molecule has 1 fully saturated rings. The maximum absolute atomic E-state index is 12.3. The zero-order valence-electron chi connectivity index (χ0n) is 13.8. The van der Waals surface area contributed by atoms with Gasteiger partial charge in [0.2, 0.25) is 0 Å². The van der Waals surface area contributed by atoms with Crippen molar-refractivity contribution in [2.24, 2.45) is 5.92 Å². The number of likely N-dealkylation sites (tertiary alicyclic amines) is 1. The van der Waals surface area contributed by atoms with E-state index in [9.17, 15) is 4.21 Å². The molecule has 1 aromatic carbocycles. The van der Waals surface area contributed by atoms with Crippen molar-refractivity contribution >= 4 is 10.8 Å². The molecule has 0 radical (unpaired) electrons. The van der Waals surface area contributed by atoms with Gasteiger partial charge in [0.15, 0.2) is 0 Å². The van der Waals surface area contributed by atoms with Crippen molar-refractivity contribution in [3.8, 4) is 0 Å². The quantitative estimate of drug-likeness (QED) is 0.788. The van der Waals surface area contributed by atoms with Crippen LogP contribution in [0.2, 0.25) is 0 Å². The first-order chi connectivity index (χ1) is 11.3. The molecule has 124 valence electrons. The molecule has 1 aliphatic carbocycles. The summed E-state index contributed by atoms with van der Waals surface area (Å²) >= 11 is 0. The molecule has 3 heteroatoms. The van der Waals surface area contributed by atoms with E-state index in [0.717, 1.165) is 49.1 Å². The molecule has 23 heavy (non-hydrogen) atoms. The van der Waals surface area contributed by atoms with E-state index in [1.807, 2.05) is 6.08 Å².